The van der Waals surface area contributed by atoms with Crippen LogP contribution in [0.1, 0.15) is 48.5 Å². The molecule has 0 saturated heterocycles. The Hall–Kier alpha value is -1.72. The quantitative estimate of drug-likeness (QED) is 0.532. The summed E-state index contributed by atoms with van der Waals surface area (Å²) in [6.07, 6.45) is 0.532. The van der Waals surface area contributed by atoms with Gasteiger partial charge in [0.1, 0.15) is 12.0 Å². The number of benzene rings is 2. The lowest BCUT2D eigenvalue weighted by Crippen LogP contribution is -2.46. The SMILES string of the molecule is C[C@@H](CO)NC(=O)c1ccc(CN(C2CCCCC2F)S(=O)(=O)c2ccc(Cl)cc2)c(F)c1.S. The molecule has 2 aromatic carbocycles. The predicted octanol–water partition coefficient (Wildman–Crippen LogP) is 4.17. The fourth-order valence-corrected chi connectivity index (χ4v) is 5.63. The van der Waals surface area contributed by atoms with Crippen LogP contribution in [0.5, 0.6) is 0 Å². The van der Waals surface area contributed by atoms with Gasteiger partial charge in [0, 0.05) is 28.7 Å². The first-order valence-electron chi connectivity index (χ1n) is 10.7. The number of amides is 1. The summed E-state index contributed by atoms with van der Waals surface area (Å²) in [5, 5.41) is 11.9. The van der Waals surface area contributed by atoms with E-state index in [0.717, 1.165) is 10.4 Å². The molecule has 0 bridgehead atoms. The van der Waals surface area contributed by atoms with Crippen LogP contribution in [0.25, 0.3) is 0 Å². The highest BCUT2D eigenvalue weighted by Crippen LogP contribution is 2.32. The minimum absolute atomic E-state index is 0. The van der Waals surface area contributed by atoms with Crippen LogP contribution in [0.2, 0.25) is 5.02 Å². The largest absolute Gasteiger partial charge is 0.394 e. The summed E-state index contributed by atoms with van der Waals surface area (Å²) < 4.78 is 57.7. The Kier molecular flexibility index (Phi) is 10.3. The monoisotopic (exact) mass is 534 g/mol. The van der Waals surface area contributed by atoms with Gasteiger partial charge in [0.05, 0.1) is 17.5 Å². The molecule has 1 saturated carbocycles. The molecule has 0 radical (unpaired) electrons. The standard InChI is InChI=1S/C23H27ClF2N2O4S.H2S/c1-15(14-29)27-23(30)16-6-7-17(21(26)12-16)13-28(22-5-3-2-4-20(22)25)33(31,32)19-10-8-18(24)9-11-19;/h6-12,15,20,22,29H,2-5,13-14H2,1H3,(H,27,30);1H2/t15-,20?,22?;/m0./s1. The van der Waals surface area contributed by atoms with Crippen molar-refractivity contribution in [2.24, 2.45) is 0 Å². The van der Waals surface area contributed by atoms with Crippen LogP contribution < -0.4 is 5.32 Å². The summed E-state index contributed by atoms with van der Waals surface area (Å²) in [7, 11) is -4.15. The highest BCUT2D eigenvalue weighted by Gasteiger charge is 2.38. The van der Waals surface area contributed by atoms with Crippen molar-refractivity contribution in [2.45, 2.75) is 62.3 Å². The van der Waals surface area contributed by atoms with Crippen molar-refractivity contribution in [1.29, 1.82) is 0 Å². The van der Waals surface area contributed by atoms with Gasteiger partial charge in [-0.1, -0.05) is 30.5 Å². The van der Waals surface area contributed by atoms with Crippen molar-refractivity contribution in [2.75, 3.05) is 6.61 Å². The highest BCUT2D eigenvalue weighted by atomic mass is 35.5. The second-order valence-corrected chi connectivity index (χ2v) is 10.6. The Morgan fingerprint density at radius 3 is 2.44 bits per heavy atom. The molecule has 188 valence electrons. The van der Waals surface area contributed by atoms with E-state index in [1.165, 1.54) is 36.4 Å². The normalized spacial score (nSPS) is 19.4. The first-order chi connectivity index (χ1) is 15.6. The third kappa shape index (κ3) is 6.69. The molecule has 1 fully saturated rings. The van der Waals surface area contributed by atoms with E-state index in [-0.39, 0.29) is 49.1 Å². The molecule has 2 unspecified atom stereocenters. The third-order valence-electron chi connectivity index (χ3n) is 5.73. The predicted molar refractivity (Wildman–Crippen MR) is 132 cm³/mol. The Morgan fingerprint density at radius 2 is 1.85 bits per heavy atom. The van der Waals surface area contributed by atoms with Crippen molar-refractivity contribution in [3.05, 3.63) is 64.4 Å². The van der Waals surface area contributed by atoms with E-state index < -0.39 is 40.0 Å². The van der Waals surface area contributed by atoms with Crippen molar-refractivity contribution >= 4 is 41.0 Å². The van der Waals surface area contributed by atoms with Crippen LogP contribution in [0.15, 0.2) is 47.4 Å². The van der Waals surface area contributed by atoms with Crippen LogP contribution in [-0.2, 0) is 16.6 Å². The molecule has 0 aromatic heterocycles. The number of nitrogens with one attached hydrogen (secondary N) is 1. The van der Waals surface area contributed by atoms with Gasteiger partial charge in [0.15, 0.2) is 0 Å². The van der Waals surface area contributed by atoms with E-state index in [4.69, 9.17) is 16.7 Å². The molecule has 0 heterocycles. The zero-order valence-corrected chi connectivity index (χ0v) is 21.2. The molecule has 1 amide bonds. The summed E-state index contributed by atoms with van der Waals surface area (Å²) >= 11 is 5.88. The Labute approximate surface area is 210 Å². The van der Waals surface area contributed by atoms with Crippen LogP contribution >= 0.6 is 25.1 Å². The Bertz CT molecular complexity index is 1090. The average Bonchev–Trinajstić information content (AvgIpc) is 2.79. The fourth-order valence-electron chi connectivity index (χ4n) is 3.85. The number of alkyl halides is 1. The first-order valence-corrected chi connectivity index (χ1v) is 12.6. The van der Waals surface area contributed by atoms with E-state index in [1.807, 2.05) is 0 Å². The summed E-state index contributed by atoms with van der Waals surface area (Å²) in [4.78, 5) is 12.1. The zero-order chi connectivity index (χ0) is 24.2. The fraction of sp³-hybridized carbons (Fsp3) is 0.435. The van der Waals surface area contributed by atoms with Gasteiger partial charge in [-0.25, -0.2) is 17.2 Å². The second kappa shape index (κ2) is 12.3. The van der Waals surface area contributed by atoms with Gasteiger partial charge < -0.3 is 10.4 Å². The van der Waals surface area contributed by atoms with Gasteiger partial charge in [-0.15, -0.1) is 0 Å². The molecule has 2 aromatic rings. The summed E-state index contributed by atoms with van der Waals surface area (Å²) in [6.45, 7) is 0.951. The molecule has 6 nitrogen and oxygen atoms in total. The number of aliphatic hydroxyl groups excluding tert-OH is 1. The number of carbonyl (C=O) groups is 1. The molecular weight excluding hydrogens is 506 g/mol. The molecule has 0 spiro atoms. The smallest absolute Gasteiger partial charge is 0.251 e. The first kappa shape index (κ1) is 28.5. The molecule has 3 atom stereocenters. The number of aliphatic hydroxyl groups is 1. The van der Waals surface area contributed by atoms with Crippen LogP contribution in [0.4, 0.5) is 8.78 Å². The third-order valence-corrected chi connectivity index (χ3v) is 7.87. The number of carbonyl (C=O) groups excluding carboxylic acids is 1. The molecule has 11 heteroatoms. The lowest BCUT2D eigenvalue weighted by Gasteiger charge is -2.35. The Balaban J connectivity index is 0.00000408. The Morgan fingerprint density at radius 1 is 1.21 bits per heavy atom. The van der Waals surface area contributed by atoms with Crippen molar-refractivity contribution in [3.8, 4) is 0 Å². The van der Waals surface area contributed by atoms with Crippen molar-refractivity contribution < 1.29 is 27.1 Å². The maximum atomic E-state index is 14.9. The lowest BCUT2D eigenvalue weighted by molar-refractivity contribution is 0.0921. The molecule has 3 rings (SSSR count). The summed E-state index contributed by atoms with van der Waals surface area (Å²) in [5.74, 6) is -1.34. The lowest BCUT2D eigenvalue weighted by atomic mass is 9.93. The molecule has 0 aliphatic heterocycles. The number of nitrogens with zero attached hydrogens (tertiary/aromatic N) is 1. The second-order valence-electron chi connectivity index (χ2n) is 8.24. The topological polar surface area (TPSA) is 86.7 Å². The zero-order valence-electron chi connectivity index (χ0n) is 18.7. The summed E-state index contributed by atoms with van der Waals surface area (Å²) in [6, 6.07) is 7.83. The van der Waals surface area contributed by atoms with Crippen LogP contribution in [-0.4, -0.2) is 48.6 Å². The van der Waals surface area contributed by atoms with Gasteiger partial charge >= 0.3 is 0 Å². The molecule has 1 aliphatic rings. The summed E-state index contributed by atoms with van der Waals surface area (Å²) in [5.41, 5.74) is 0.0572. The van der Waals surface area contributed by atoms with E-state index in [2.05, 4.69) is 5.32 Å². The van der Waals surface area contributed by atoms with E-state index >= 15 is 0 Å². The molecule has 34 heavy (non-hydrogen) atoms. The van der Waals surface area contributed by atoms with E-state index in [1.54, 1.807) is 6.92 Å². The van der Waals surface area contributed by atoms with Gasteiger partial charge in [0.2, 0.25) is 10.0 Å². The molecule has 1 aliphatic carbocycles. The van der Waals surface area contributed by atoms with Crippen LogP contribution in [0.3, 0.4) is 0 Å². The van der Waals surface area contributed by atoms with Gasteiger partial charge in [0.25, 0.3) is 5.91 Å². The van der Waals surface area contributed by atoms with Crippen molar-refractivity contribution in [3.63, 3.8) is 0 Å². The van der Waals surface area contributed by atoms with E-state index in [0.29, 0.717) is 24.3 Å². The van der Waals surface area contributed by atoms with Gasteiger partial charge in [-0.2, -0.15) is 17.8 Å². The van der Waals surface area contributed by atoms with Crippen LogP contribution in [0, 0.1) is 5.82 Å². The maximum absolute atomic E-state index is 14.9. The molecule has 2 N–H and O–H groups in total. The van der Waals surface area contributed by atoms with Gasteiger partial charge in [-0.05, 0) is 56.2 Å². The average molecular weight is 535 g/mol. The van der Waals surface area contributed by atoms with Crippen molar-refractivity contribution in [1.82, 2.24) is 9.62 Å². The number of rotatable bonds is 8. The minimum atomic E-state index is -4.15. The number of sulfonamides is 1. The number of hydrogen-bond donors (Lipinski definition) is 2. The van der Waals surface area contributed by atoms with Gasteiger partial charge in [-0.3, -0.25) is 4.79 Å². The highest BCUT2D eigenvalue weighted by molar-refractivity contribution is 7.89. The minimum Gasteiger partial charge on any atom is -0.394 e. The number of hydrogen-bond acceptors (Lipinski definition) is 4. The molecular formula is C23H29ClF2N2O4S2. The number of halogens is 3. The maximum Gasteiger partial charge on any atom is 0.251 e. The van der Waals surface area contributed by atoms with E-state index in [9.17, 15) is 22.0 Å².